The highest BCUT2D eigenvalue weighted by molar-refractivity contribution is 7.89. The van der Waals surface area contributed by atoms with Crippen molar-refractivity contribution >= 4 is 26.8 Å². The number of hydrogen-bond acceptors (Lipinski definition) is 5. The van der Waals surface area contributed by atoms with Crippen LogP contribution in [0.4, 0.5) is 5.69 Å². The second-order valence-electron chi connectivity index (χ2n) is 6.91. The minimum Gasteiger partial charge on any atom is -0.408 e. The number of fused-ring (bicyclic) bond motifs is 1. The Balaban J connectivity index is 1.57. The topological polar surface area (TPSA) is 86.6 Å². The molecule has 1 atom stereocenters. The number of aromatic nitrogens is 1. The van der Waals surface area contributed by atoms with Crippen LogP contribution in [0.5, 0.6) is 0 Å². The number of sulfonamides is 1. The highest BCUT2D eigenvalue weighted by atomic mass is 32.2. The molecule has 0 saturated carbocycles. The number of nitrogens with zero attached hydrogens (tertiary/aromatic N) is 2. The number of oxazole rings is 1. The van der Waals surface area contributed by atoms with Crippen LogP contribution in [0.2, 0.25) is 0 Å². The van der Waals surface area contributed by atoms with E-state index in [0.717, 1.165) is 5.69 Å². The molecule has 8 heteroatoms. The van der Waals surface area contributed by atoms with Gasteiger partial charge in [0.2, 0.25) is 10.0 Å². The van der Waals surface area contributed by atoms with Crippen LogP contribution in [-0.2, 0) is 10.0 Å². The first-order valence-corrected chi connectivity index (χ1v) is 10.2. The maximum absolute atomic E-state index is 13.0. The lowest BCUT2D eigenvalue weighted by Crippen LogP contribution is -2.53. The second kappa shape index (κ2) is 6.54. The Morgan fingerprint density at radius 2 is 1.85 bits per heavy atom. The third-order valence-corrected chi connectivity index (χ3v) is 6.85. The lowest BCUT2D eigenvalue weighted by atomic mass is 10.1. The fourth-order valence-corrected chi connectivity index (χ4v) is 5.03. The molecule has 1 aliphatic heterocycles. The van der Waals surface area contributed by atoms with Crippen molar-refractivity contribution in [1.82, 2.24) is 9.29 Å². The molecule has 0 amide bonds. The molecule has 1 saturated heterocycles. The number of nitrogens with one attached hydrogen (secondary N) is 1. The summed E-state index contributed by atoms with van der Waals surface area (Å²) in [5.74, 6) is -0.597. The fourth-order valence-electron chi connectivity index (χ4n) is 3.50. The minimum absolute atomic E-state index is 0.0464. The van der Waals surface area contributed by atoms with Crippen molar-refractivity contribution in [2.75, 3.05) is 24.5 Å². The maximum Gasteiger partial charge on any atom is 0.417 e. The molecule has 1 unspecified atom stereocenters. The summed E-state index contributed by atoms with van der Waals surface area (Å²) < 4.78 is 32.6. The van der Waals surface area contributed by atoms with Crippen molar-refractivity contribution in [2.45, 2.75) is 24.8 Å². The molecule has 1 fully saturated rings. The number of H-pyrrole nitrogens is 1. The third-order valence-electron chi connectivity index (χ3n) is 4.99. The van der Waals surface area contributed by atoms with Crippen molar-refractivity contribution in [3.8, 4) is 0 Å². The van der Waals surface area contributed by atoms with Gasteiger partial charge in [-0.15, -0.1) is 0 Å². The third kappa shape index (κ3) is 3.26. The molecule has 0 radical (unpaired) electrons. The Kier molecular flexibility index (Phi) is 4.32. The largest absolute Gasteiger partial charge is 0.417 e. The van der Waals surface area contributed by atoms with Crippen LogP contribution in [0.25, 0.3) is 11.1 Å². The lowest BCUT2D eigenvalue weighted by molar-refractivity contribution is 0.342. The SMILES string of the molecule is Cc1ccc(N2CCN(S(=O)(=O)c3ccc4[nH]c(=O)oc4c3)CC2C)cc1. The van der Waals surface area contributed by atoms with Crippen LogP contribution in [-0.4, -0.2) is 43.4 Å². The van der Waals surface area contributed by atoms with Gasteiger partial charge >= 0.3 is 5.76 Å². The Hall–Kier alpha value is -2.58. The van der Waals surface area contributed by atoms with E-state index in [9.17, 15) is 13.2 Å². The van der Waals surface area contributed by atoms with Crippen molar-refractivity contribution in [3.63, 3.8) is 0 Å². The molecule has 1 N–H and O–H groups in total. The van der Waals surface area contributed by atoms with Crippen molar-refractivity contribution in [2.24, 2.45) is 0 Å². The zero-order chi connectivity index (χ0) is 19.2. The average Bonchev–Trinajstić information content (AvgIpc) is 3.01. The zero-order valence-electron chi connectivity index (χ0n) is 15.2. The van der Waals surface area contributed by atoms with E-state index in [1.807, 2.05) is 13.8 Å². The number of benzene rings is 2. The van der Waals surface area contributed by atoms with Crippen LogP contribution in [0.3, 0.4) is 0 Å². The quantitative estimate of drug-likeness (QED) is 0.745. The van der Waals surface area contributed by atoms with Crippen LogP contribution in [0.15, 0.2) is 56.6 Å². The predicted molar refractivity (Wildman–Crippen MR) is 104 cm³/mol. The molecule has 0 spiro atoms. The van der Waals surface area contributed by atoms with Gasteiger partial charge in [-0.25, -0.2) is 13.2 Å². The summed E-state index contributed by atoms with van der Waals surface area (Å²) in [6.07, 6.45) is 0. The summed E-state index contributed by atoms with van der Waals surface area (Å²) in [6, 6.07) is 12.8. The van der Waals surface area contributed by atoms with E-state index in [0.29, 0.717) is 25.2 Å². The van der Waals surface area contributed by atoms with Crippen LogP contribution in [0, 0.1) is 6.92 Å². The summed E-state index contributed by atoms with van der Waals surface area (Å²) in [4.78, 5) is 16.2. The van der Waals surface area contributed by atoms with Gasteiger partial charge in [0, 0.05) is 37.4 Å². The van der Waals surface area contributed by atoms with Crippen LogP contribution < -0.4 is 10.7 Å². The Labute approximate surface area is 157 Å². The number of aryl methyl sites for hydroxylation is 1. The van der Waals surface area contributed by atoms with Gasteiger partial charge in [0.25, 0.3) is 0 Å². The normalized spacial score (nSPS) is 18.9. The van der Waals surface area contributed by atoms with Gasteiger partial charge in [-0.1, -0.05) is 17.7 Å². The van der Waals surface area contributed by atoms with E-state index < -0.39 is 15.8 Å². The van der Waals surface area contributed by atoms with E-state index in [2.05, 4.69) is 34.1 Å². The molecule has 0 bridgehead atoms. The second-order valence-corrected chi connectivity index (χ2v) is 8.85. The van der Waals surface area contributed by atoms with E-state index in [1.54, 1.807) is 6.07 Å². The molecule has 142 valence electrons. The molecular weight excluding hydrogens is 366 g/mol. The molecule has 27 heavy (non-hydrogen) atoms. The minimum atomic E-state index is -3.66. The molecule has 2 aromatic carbocycles. The Morgan fingerprint density at radius 3 is 2.56 bits per heavy atom. The van der Waals surface area contributed by atoms with E-state index >= 15 is 0 Å². The van der Waals surface area contributed by atoms with Crippen LogP contribution >= 0.6 is 0 Å². The Morgan fingerprint density at radius 1 is 1.11 bits per heavy atom. The first-order valence-electron chi connectivity index (χ1n) is 8.81. The van der Waals surface area contributed by atoms with E-state index in [1.165, 1.54) is 22.0 Å². The molecule has 4 rings (SSSR count). The van der Waals surface area contributed by atoms with Gasteiger partial charge in [-0.05, 0) is 38.1 Å². The summed E-state index contributed by atoms with van der Waals surface area (Å²) in [7, 11) is -3.66. The standard InChI is InChI=1S/C19H21N3O4S/c1-13-3-5-15(6-4-13)22-10-9-21(12-14(22)2)27(24,25)16-7-8-17-18(11-16)26-19(23)20-17/h3-8,11,14H,9-10,12H2,1-2H3,(H,20,23). The number of anilines is 1. The molecule has 3 aromatic rings. The van der Waals surface area contributed by atoms with Crippen molar-refractivity contribution in [1.29, 1.82) is 0 Å². The first-order chi connectivity index (χ1) is 12.8. The highest BCUT2D eigenvalue weighted by Gasteiger charge is 2.32. The van der Waals surface area contributed by atoms with Crippen LogP contribution in [0.1, 0.15) is 12.5 Å². The Bertz CT molecular complexity index is 1130. The van der Waals surface area contributed by atoms with E-state index in [-0.39, 0.29) is 16.5 Å². The molecular formula is C19H21N3O4S. The van der Waals surface area contributed by atoms with Crippen molar-refractivity contribution < 1.29 is 12.8 Å². The molecule has 1 aliphatic rings. The van der Waals surface area contributed by atoms with Gasteiger partial charge in [0.05, 0.1) is 10.4 Å². The number of piperazine rings is 1. The molecule has 7 nitrogen and oxygen atoms in total. The monoisotopic (exact) mass is 387 g/mol. The summed E-state index contributed by atoms with van der Waals surface area (Å²) >= 11 is 0. The average molecular weight is 387 g/mol. The van der Waals surface area contributed by atoms with Gasteiger partial charge in [0.15, 0.2) is 5.58 Å². The summed E-state index contributed by atoms with van der Waals surface area (Å²) in [5, 5.41) is 0. The summed E-state index contributed by atoms with van der Waals surface area (Å²) in [6.45, 7) is 5.48. The number of rotatable bonds is 3. The highest BCUT2D eigenvalue weighted by Crippen LogP contribution is 2.26. The van der Waals surface area contributed by atoms with Gasteiger partial charge in [-0.2, -0.15) is 4.31 Å². The number of aromatic amines is 1. The predicted octanol–water partition coefficient (Wildman–Crippen LogP) is 2.33. The first kappa shape index (κ1) is 17.8. The molecule has 1 aromatic heterocycles. The van der Waals surface area contributed by atoms with Gasteiger partial charge < -0.3 is 9.32 Å². The van der Waals surface area contributed by atoms with Crippen molar-refractivity contribution in [3.05, 3.63) is 58.6 Å². The maximum atomic E-state index is 13.0. The molecule has 0 aliphatic carbocycles. The van der Waals surface area contributed by atoms with Gasteiger partial charge in [-0.3, -0.25) is 4.98 Å². The fraction of sp³-hybridized carbons (Fsp3) is 0.316. The zero-order valence-corrected chi connectivity index (χ0v) is 16.0. The smallest absolute Gasteiger partial charge is 0.408 e. The van der Waals surface area contributed by atoms with Gasteiger partial charge in [0.1, 0.15) is 0 Å². The molecule has 2 heterocycles. The summed E-state index contributed by atoms with van der Waals surface area (Å²) in [5.41, 5.74) is 3.02. The number of hydrogen-bond donors (Lipinski definition) is 1. The van der Waals surface area contributed by atoms with E-state index in [4.69, 9.17) is 4.42 Å². The lowest BCUT2D eigenvalue weighted by Gasteiger charge is -2.40.